The molecule has 0 radical (unpaired) electrons. The number of hydrogen-bond donors (Lipinski definition) is 1. The van der Waals surface area contributed by atoms with Crippen LogP contribution in [0.5, 0.6) is 11.5 Å². The Balaban J connectivity index is 1.57. The smallest absolute Gasteiger partial charge is 0.261 e. The van der Waals surface area contributed by atoms with E-state index in [2.05, 4.69) is 17.2 Å². The number of nitrogens with zero attached hydrogens (tertiary/aromatic N) is 2. The number of carbonyl (C=O) groups is 2. The standard InChI is InChI=1S/C24H29N3O4S/c1-5-6-17-7-9-18(10-8-17)31-15-23(29)27(16(2)3)14-22(28)26-24-25-20-12-11-19(30-4)13-21(20)32-24/h7-13,16H,5-6,14-15H2,1-4H3,(H,25,26,28). The SMILES string of the molecule is CCCc1ccc(OCC(=O)N(CC(=O)Nc2nc3ccc(OC)cc3s2)C(C)C)cc1. The second kappa shape index (κ2) is 10.9. The number of aryl methyl sites for hydroxylation is 1. The van der Waals surface area contributed by atoms with Crippen LogP contribution in [0.3, 0.4) is 0 Å². The number of aromatic nitrogens is 1. The van der Waals surface area contributed by atoms with Gasteiger partial charge in [0.2, 0.25) is 5.91 Å². The van der Waals surface area contributed by atoms with Crippen molar-refractivity contribution in [1.82, 2.24) is 9.88 Å². The van der Waals surface area contributed by atoms with Crippen LogP contribution in [0.25, 0.3) is 10.2 Å². The van der Waals surface area contributed by atoms with Crippen LogP contribution in [-0.4, -0.2) is 48.0 Å². The lowest BCUT2D eigenvalue weighted by atomic mass is 10.1. The fraction of sp³-hybridized carbons (Fsp3) is 0.375. The number of hydrogen-bond acceptors (Lipinski definition) is 6. The van der Waals surface area contributed by atoms with Crippen molar-refractivity contribution >= 4 is 38.5 Å². The fourth-order valence-electron chi connectivity index (χ4n) is 3.23. The summed E-state index contributed by atoms with van der Waals surface area (Å²) >= 11 is 1.36. The average Bonchev–Trinajstić information content (AvgIpc) is 3.18. The number of amides is 2. The van der Waals surface area contributed by atoms with Crippen LogP contribution in [0.1, 0.15) is 32.8 Å². The van der Waals surface area contributed by atoms with E-state index in [0.29, 0.717) is 10.9 Å². The minimum absolute atomic E-state index is 0.0749. The molecule has 0 saturated carbocycles. The first-order chi connectivity index (χ1) is 15.4. The van der Waals surface area contributed by atoms with Gasteiger partial charge in [0.1, 0.15) is 18.0 Å². The Hall–Kier alpha value is -3.13. The summed E-state index contributed by atoms with van der Waals surface area (Å²) in [6, 6.07) is 13.1. The fourth-order valence-corrected chi connectivity index (χ4v) is 4.14. The number of nitrogens with one attached hydrogen (secondary N) is 1. The number of carbonyl (C=O) groups excluding carboxylic acids is 2. The molecule has 8 heteroatoms. The summed E-state index contributed by atoms with van der Waals surface area (Å²) in [4.78, 5) is 31.2. The quantitative estimate of drug-likeness (QED) is 0.486. The van der Waals surface area contributed by atoms with Gasteiger partial charge in [-0.05, 0) is 56.2 Å². The number of thiazole rings is 1. The molecule has 2 aromatic carbocycles. The normalized spacial score (nSPS) is 10.9. The van der Waals surface area contributed by atoms with Gasteiger partial charge in [0.05, 0.1) is 17.3 Å². The average molecular weight is 456 g/mol. The first-order valence-electron chi connectivity index (χ1n) is 10.6. The molecule has 2 amide bonds. The van der Waals surface area contributed by atoms with Crippen LogP contribution in [-0.2, 0) is 16.0 Å². The summed E-state index contributed by atoms with van der Waals surface area (Å²) in [7, 11) is 1.60. The molecule has 32 heavy (non-hydrogen) atoms. The maximum Gasteiger partial charge on any atom is 0.261 e. The monoisotopic (exact) mass is 455 g/mol. The van der Waals surface area contributed by atoms with E-state index in [9.17, 15) is 9.59 Å². The van der Waals surface area contributed by atoms with Crippen molar-refractivity contribution < 1.29 is 19.1 Å². The van der Waals surface area contributed by atoms with E-state index in [1.54, 1.807) is 7.11 Å². The molecule has 7 nitrogen and oxygen atoms in total. The van der Waals surface area contributed by atoms with Crippen molar-refractivity contribution in [1.29, 1.82) is 0 Å². The Kier molecular flexibility index (Phi) is 8.05. The predicted molar refractivity (Wildman–Crippen MR) is 128 cm³/mol. The molecule has 0 unspecified atom stereocenters. The van der Waals surface area contributed by atoms with Gasteiger partial charge in [-0.2, -0.15) is 0 Å². The van der Waals surface area contributed by atoms with E-state index < -0.39 is 0 Å². The molecule has 3 aromatic rings. The third-order valence-electron chi connectivity index (χ3n) is 4.92. The Morgan fingerprint density at radius 1 is 1.12 bits per heavy atom. The zero-order valence-electron chi connectivity index (χ0n) is 18.9. The van der Waals surface area contributed by atoms with Gasteiger partial charge in [-0.15, -0.1) is 0 Å². The Bertz CT molecular complexity index is 1060. The van der Waals surface area contributed by atoms with Crippen LogP contribution in [0.15, 0.2) is 42.5 Å². The molecule has 1 N–H and O–H groups in total. The minimum atomic E-state index is -0.304. The van der Waals surface area contributed by atoms with Gasteiger partial charge in [-0.3, -0.25) is 9.59 Å². The van der Waals surface area contributed by atoms with E-state index in [-0.39, 0.29) is 31.0 Å². The molecule has 3 rings (SSSR count). The highest BCUT2D eigenvalue weighted by atomic mass is 32.1. The van der Waals surface area contributed by atoms with Gasteiger partial charge >= 0.3 is 0 Å². The topological polar surface area (TPSA) is 80.8 Å². The Labute approximate surface area is 192 Å². The van der Waals surface area contributed by atoms with Crippen molar-refractivity contribution in [3.63, 3.8) is 0 Å². The van der Waals surface area contributed by atoms with Crippen LogP contribution in [0.4, 0.5) is 5.13 Å². The van der Waals surface area contributed by atoms with Crippen LogP contribution >= 0.6 is 11.3 Å². The van der Waals surface area contributed by atoms with Gasteiger partial charge in [0.15, 0.2) is 11.7 Å². The van der Waals surface area contributed by atoms with Gasteiger partial charge in [0, 0.05) is 6.04 Å². The zero-order chi connectivity index (χ0) is 23.1. The van der Waals surface area contributed by atoms with Crippen LogP contribution in [0, 0.1) is 0 Å². The number of anilines is 1. The lowest BCUT2D eigenvalue weighted by Crippen LogP contribution is -2.44. The zero-order valence-corrected chi connectivity index (χ0v) is 19.7. The highest BCUT2D eigenvalue weighted by molar-refractivity contribution is 7.22. The maximum absolute atomic E-state index is 12.7. The number of benzene rings is 2. The van der Waals surface area contributed by atoms with Gasteiger partial charge in [-0.25, -0.2) is 4.98 Å². The van der Waals surface area contributed by atoms with E-state index in [0.717, 1.165) is 28.8 Å². The lowest BCUT2D eigenvalue weighted by molar-refractivity contribution is -0.138. The summed E-state index contributed by atoms with van der Waals surface area (Å²) in [5.74, 6) is 0.815. The molecule has 0 aliphatic rings. The number of fused-ring (bicyclic) bond motifs is 1. The van der Waals surface area contributed by atoms with E-state index >= 15 is 0 Å². The molecule has 0 aliphatic carbocycles. The Morgan fingerprint density at radius 3 is 2.50 bits per heavy atom. The molecule has 0 atom stereocenters. The van der Waals surface area contributed by atoms with Crippen molar-refractivity contribution in [2.45, 2.75) is 39.7 Å². The lowest BCUT2D eigenvalue weighted by Gasteiger charge is -2.26. The molecule has 170 valence electrons. The van der Waals surface area contributed by atoms with Gasteiger partial charge in [-0.1, -0.05) is 36.8 Å². The molecular formula is C24H29N3O4S. The molecule has 0 spiro atoms. The highest BCUT2D eigenvalue weighted by Crippen LogP contribution is 2.29. The largest absolute Gasteiger partial charge is 0.497 e. The summed E-state index contributed by atoms with van der Waals surface area (Å²) in [6.07, 6.45) is 2.09. The third kappa shape index (κ3) is 6.20. The first kappa shape index (κ1) is 23.5. The van der Waals surface area contributed by atoms with Crippen molar-refractivity contribution in [3.05, 3.63) is 48.0 Å². The molecular weight excluding hydrogens is 426 g/mol. The number of methoxy groups -OCH3 is 1. The molecule has 1 heterocycles. The maximum atomic E-state index is 12.7. The molecule has 0 bridgehead atoms. The first-order valence-corrected chi connectivity index (χ1v) is 11.5. The number of ether oxygens (including phenoxy) is 2. The van der Waals surface area contributed by atoms with E-state index in [4.69, 9.17) is 9.47 Å². The molecule has 0 aliphatic heterocycles. The van der Waals surface area contributed by atoms with Gasteiger partial charge < -0.3 is 19.7 Å². The molecule has 0 saturated heterocycles. The van der Waals surface area contributed by atoms with Crippen LogP contribution < -0.4 is 14.8 Å². The van der Waals surface area contributed by atoms with Crippen molar-refractivity contribution in [2.24, 2.45) is 0 Å². The highest BCUT2D eigenvalue weighted by Gasteiger charge is 2.21. The number of rotatable bonds is 10. The van der Waals surface area contributed by atoms with Crippen molar-refractivity contribution in [2.75, 3.05) is 25.6 Å². The van der Waals surface area contributed by atoms with Crippen LogP contribution in [0.2, 0.25) is 0 Å². The van der Waals surface area contributed by atoms with Crippen molar-refractivity contribution in [3.8, 4) is 11.5 Å². The van der Waals surface area contributed by atoms with E-state index in [1.165, 1.54) is 21.8 Å². The summed E-state index contributed by atoms with van der Waals surface area (Å²) in [6.45, 7) is 5.67. The second-order valence-electron chi connectivity index (χ2n) is 7.70. The summed E-state index contributed by atoms with van der Waals surface area (Å²) in [5.41, 5.74) is 2.01. The van der Waals surface area contributed by atoms with Gasteiger partial charge in [0.25, 0.3) is 5.91 Å². The second-order valence-corrected chi connectivity index (χ2v) is 8.73. The minimum Gasteiger partial charge on any atom is -0.497 e. The Morgan fingerprint density at radius 2 is 1.84 bits per heavy atom. The molecule has 0 fully saturated rings. The third-order valence-corrected chi connectivity index (χ3v) is 5.86. The molecule has 1 aromatic heterocycles. The summed E-state index contributed by atoms with van der Waals surface area (Å²) in [5, 5.41) is 3.28. The predicted octanol–water partition coefficient (Wildman–Crippen LogP) is 4.51. The summed E-state index contributed by atoms with van der Waals surface area (Å²) < 4.78 is 11.8. The van der Waals surface area contributed by atoms with E-state index in [1.807, 2.05) is 56.3 Å².